The maximum Gasteiger partial charge on any atom is 0.246 e. The highest BCUT2D eigenvalue weighted by Crippen LogP contribution is 2.29. The van der Waals surface area contributed by atoms with Gasteiger partial charge in [0.05, 0.1) is 30.7 Å². The molecular formula is C32H42N4O5S. The third-order valence-corrected chi connectivity index (χ3v) is 8.39. The number of nitrogens with zero attached hydrogens (tertiary/aromatic N) is 2. The van der Waals surface area contributed by atoms with Gasteiger partial charge in [-0.2, -0.15) is 0 Å². The highest BCUT2D eigenvalue weighted by molar-refractivity contribution is 7.13. The van der Waals surface area contributed by atoms with Crippen LogP contribution in [-0.2, 0) is 25.7 Å². The monoisotopic (exact) mass is 594 g/mol. The number of aryl methyl sites for hydroxylation is 1. The molecule has 0 spiro atoms. The molecule has 10 heteroatoms. The van der Waals surface area contributed by atoms with Crippen molar-refractivity contribution < 1.29 is 24.2 Å². The molecule has 1 aromatic carbocycles. The van der Waals surface area contributed by atoms with Crippen LogP contribution in [0.4, 0.5) is 0 Å². The lowest BCUT2D eigenvalue weighted by atomic mass is 9.97. The molecule has 1 saturated heterocycles. The molecule has 226 valence electrons. The van der Waals surface area contributed by atoms with Gasteiger partial charge >= 0.3 is 0 Å². The van der Waals surface area contributed by atoms with E-state index in [9.17, 15) is 19.5 Å². The van der Waals surface area contributed by atoms with E-state index in [2.05, 4.69) is 47.4 Å². The first-order chi connectivity index (χ1) is 20.0. The number of benzene rings is 1. The molecule has 1 aliphatic heterocycles. The number of amides is 2. The highest BCUT2D eigenvalue weighted by atomic mass is 32.1. The van der Waals surface area contributed by atoms with Gasteiger partial charge in [-0.1, -0.05) is 50.3 Å². The molecule has 0 aliphatic carbocycles. The number of aliphatic imine (C=N–C) groups is 1. The smallest absolute Gasteiger partial charge is 0.246 e. The summed E-state index contributed by atoms with van der Waals surface area (Å²) >= 11 is 1.71. The summed E-state index contributed by atoms with van der Waals surface area (Å²) in [6.45, 7) is 9.75. The number of carbonyl (C=O) groups is 3. The minimum absolute atomic E-state index is 0.00788. The topological polar surface area (TPSA) is 134 Å². The Morgan fingerprint density at radius 2 is 1.98 bits per heavy atom. The van der Waals surface area contributed by atoms with Gasteiger partial charge in [-0.05, 0) is 53.5 Å². The van der Waals surface area contributed by atoms with Crippen molar-refractivity contribution in [2.45, 2.75) is 58.3 Å². The quantitative estimate of drug-likeness (QED) is 0.132. The molecule has 5 atom stereocenters. The molecule has 4 N–H and O–H groups in total. The Morgan fingerprint density at radius 1 is 1.26 bits per heavy atom. The molecule has 2 heterocycles. The molecule has 42 heavy (non-hydrogen) atoms. The van der Waals surface area contributed by atoms with Crippen molar-refractivity contribution in [3.05, 3.63) is 71.6 Å². The zero-order chi connectivity index (χ0) is 30.8. The second-order valence-corrected chi connectivity index (χ2v) is 11.7. The Bertz CT molecular complexity index is 1300. The summed E-state index contributed by atoms with van der Waals surface area (Å²) in [6, 6.07) is 8.95. The number of carbonyl (C=O) groups excluding carboxylic acids is 3. The van der Waals surface area contributed by atoms with Gasteiger partial charge in [0.25, 0.3) is 0 Å². The molecule has 1 aliphatic rings. The number of thiophene rings is 1. The summed E-state index contributed by atoms with van der Waals surface area (Å²) in [5, 5.41) is 15.1. The number of rotatable bonds is 14. The maximum atomic E-state index is 13.4. The van der Waals surface area contributed by atoms with Crippen molar-refractivity contribution in [2.24, 2.45) is 22.6 Å². The molecule has 0 radical (unpaired) electrons. The zero-order valence-corrected chi connectivity index (χ0v) is 25.6. The van der Waals surface area contributed by atoms with Gasteiger partial charge in [0, 0.05) is 25.0 Å². The van der Waals surface area contributed by atoms with E-state index >= 15 is 0 Å². The van der Waals surface area contributed by atoms with E-state index in [0.717, 1.165) is 11.1 Å². The lowest BCUT2D eigenvalue weighted by Gasteiger charge is -2.26. The van der Waals surface area contributed by atoms with Crippen LogP contribution in [0.1, 0.15) is 37.8 Å². The number of hydrogen-bond donors (Lipinski definition) is 3. The lowest BCUT2D eigenvalue weighted by Crippen LogP contribution is -2.46. The average Bonchev–Trinajstić information content (AvgIpc) is 3.59. The summed E-state index contributed by atoms with van der Waals surface area (Å²) in [4.78, 5) is 45.7. The van der Waals surface area contributed by atoms with Crippen molar-refractivity contribution in [3.63, 3.8) is 0 Å². The van der Waals surface area contributed by atoms with E-state index in [1.807, 2.05) is 19.1 Å². The number of hydrogen-bond acceptors (Lipinski definition) is 7. The van der Waals surface area contributed by atoms with E-state index in [1.54, 1.807) is 24.3 Å². The standard InChI is InChI=1S/C32H42N4O5S/c1-6-20(2)15-26(35-29(39)19-41-5)28(38)12-7-22(4)32(40)36-18-25(37)16-27(36)31(33)34-17-23-8-10-24(11-9-23)30-21(3)13-14-42-30/h6-14,20,22,25-27,37H,1,15-19H2,2-5H3,(H2,33,34)(H,35,39)/b12-7+/t20?,22-,25-,26+,27+/m1/s1. The number of allylic oxidation sites excluding steroid dienone is 1. The lowest BCUT2D eigenvalue weighted by molar-refractivity contribution is -0.133. The third kappa shape index (κ3) is 8.95. The number of aliphatic hydroxyl groups is 1. The first-order valence-corrected chi connectivity index (χ1v) is 15.0. The van der Waals surface area contributed by atoms with Crippen molar-refractivity contribution in [1.82, 2.24) is 10.2 Å². The molecule has 1 unspecified atom stereocenters. The SMILES string of the molecule is C=CC(C)C[C@H](NC(=O)COC)C(=O)/C=C/[C@@H](C)C(=O)N1C[C@H](O)C[C@H]1C(N)=NCc1ccc(-c2sccc2C)cc1. The Hall–Kier alpha value is -3.60. The molecule has 1 fully saturated rings. The maximum absolute atomic E-state index is 13.4. The largest absolute Gasteiger partial charge is 0.391 e. The predicted octanol–water partition coefficient (Wildman–Crippen LogP) is 3.65. The van der Waals surface area contributed by atoms with E-state index in [-0.39, 0.29) is 36.6 Å². The van der Waals surface area contributed by atoms with Gasteiger partial charge in [0.2, 0.25) is 11.8 Å². The number of amidine groups is 1. The summed E-state index contributed by atoms with van der Waals surface area (Å²) in [5.41, 5.74) is 9.73. The second-order valence-electron chi connectivity index (χ2n) is 10.8. The number of aliphatic hydroxyl groups excluding tert-OH is 1. The summed E-state index contributed by atoms with van der Waals surface area (Å²) in [7, 11) is 1.40. The second kappa shape index (κ2) is 15.6. The Morgan fingerprint density at radius 3 is 2.60 bits per heavy atom. The first-order valence-electron chi connectivity index (χ1n) is 14.1. The Balaban J connectivity index is 1.65. The molecule has 1 aromatic heterocycles. The molecule has 3 rings (SSSR count). The molecule has 2 aromatic rings. The van der Waals surface area contributed by atoms with Crippen LogP contribution in [0.5, 0.6) is 0 Å². The van der Waals surface area contributed by atoms with Crippen LogP contribution in [0, 0.1) is 18.8 Å². The normalized spacial score (nSPS) is 19.5. The van der Waals surface area contributed by atoms with Crippen LogP contribution in [-0.4, -0.2) is 71.9 Å². The molecule has 2 amide bonds. The van der Waals surface area contributed by atoms with Crippen molar-refractivity contribution >= 4 is 34.8 Å². The van der Waals surface area contributed by atoms with Gasteiger partial charge in [-0.3, -0.25) is 19.4 Å². The Labute approximate surface area is 252 Å². The van der Waals surface area contributed by atoms with Crippen LogP contribution >= 0.6 is 11.3 Å². The minimum atomic E-state index is -0.772. The van der Waals surface area contributed by atoms with Gasteiger partial charge in [-0.15, -0.1) is 17.9 Å². The minimum Gasteiger partial charge on any atom is -0.391 e. The fraction of sp³-hybridized carbons (Fsp3) is 0.438. The van der Waals surface area contributed by atoms with Crippen LogP contribution < -0.4 is 11.1 Å². The van der Waals surface area contributed by atoms with Crippen molar-refractivity contribution in [1.29, 1.82) is 0 Å². The van der Waals surface area contributed by atoms with Gasteiger partial charge < -0.3 is 25.8 Å². The molecule has 0 saturated carbocycles. The van der Waals surface area contributed by atoms with Gasteiger partial charge in [0.1, 0.15) is 12.4 Å². The van der Waals surface area contributed by atoms with Crippen LogP contribution in [0.15, 0.2) is 65.5 Å². The van der Waals surface area contributed by atoms with E-state index in [4.69, 9.17) is 10.5 Å². The average molecular weight is 595 g/mol. The van der Waals surface area contributed by atoms with E-state index in [1.165, 1.54) is 34.6 Å². The summed E-state index contributed by atoms with van der Waals surface area (Å²) in [6.07, 6.45) is 4.50. The van der Waals surface area contributed by atoms with Crippen molar-refractivity contribution in [2.75, 3.05) is 20.3 Å². The number of β-amino-alcohol motifs (C(OH)–C–C–N with tert-alkyl or cyclic N) is 1. The van der Waals surface area contributed by atoms with Gasteiger partial charge in [0.15, 0.2) is 5.78 Å². The first kappa shape index (κ1) is 32.9. The number of nitrogens with two attached hydrogens (primary N) is 1. The summed E-state index contributed by atoms with van der Waals surface area (Å²) < 4.78 is 4.85. The number of methoxy groups -OCH3 is 1. The number of likely N-dealkylation sites (tertiary alicyclic amines) is 1. The molecule has 9 nitrogen and oxygen atoms in total. The van der Waals surface area contributed by atoms with Crippen molar-refractivity contribution in [3.8, 4) is 10.4 Å². The third-order valence-electron chi connectivity index (χ3n) is 7.33. The fourth-order valence-electron chi connectivity index (χ4n) is 4.84. The zero-order valence-electron chi connectivity index (χ0n) is 24.8. The number of nitrogens with one attached hydrogen (secondary N) is 1. The van der Waals surface area contributed by atoms with E-state index < -0.39 is 30.0 Å². The summed E-state index contributed by atoms with van der Waals surface area (Å²) in [5.74, 6) is -1.38. The van der Waals surface area contributed by atoms with E-state index in [0.29, 0.717) is 19.4 Å². The molecule has 0 bridgehead atoms. The number of ketones is 1. The fourth-order valence-corrected chi connectivity index (χ4v) is 5.77. The highest BCUT2D eigenvalue weighted by Gasteiger charge is 2.37. The van der Waals surface area contributed by atoms with Crippen LogP contribution in [0.3, 0.4) is 0 Å². The van der Waals surface area contributed by atoms with Gasteiger partial charge in [-0.25, -0.2) is 0 Å². The van der Waals surface area contributed by atoms with Crippen LogP contribution in [0.25, 0.3) is 10.4 Å². The Kier molecular flexibility index (Phi) is 12.2. The predicted molar refractivity (Wildman–Crippen MR) is 167 cm³/mol. The number of ether oxygens (including phenoxy) is 1. The molecular weight excluding hydrogens is 552 g/mol. The van der Waals surface area contributed by atoms with Crippen LogP contribution in [0.2, 0.25) is 0 Å².